The Hall–Kier alpha value is -0.570. The molecule has 106 valence electrons. The van der Waals surface area contributed by atoms with Crippen LogP contribution in [0.15, 0.2) is 18.2 Å². The molecule has 2 rings (SSSR count). The van der Waals surface area contributed by atoms with E-state index in [4.69, 9.17) is 16.3 Å². The van der Waals surface area contributed by atoms with E-state index in [1.165, 1.54) is 0 Å². The summed E-state index contributed by atoms with van der Waals surface area (Å²) in [5.74, 6) is 0. The Morgan fingerprint density at radius 1 is 1.26 bits per heavy atom. The molecule has 0 bridgehead atoms. The second-order valence-corrected chi connectivity index (χ2v) is 7.26. The zero-order valence-corrected chi connectivity index (χ0v) is 13.1. The highest BCUT2D eigenvalue weighted by molar-refractivity contribution is 6.31. The molecular weight excluding hydrogens is 260 g/mol. The van der Waals surface area contributed by atoms with E-state index in [1.54, 1.807) is 0 Å². The van der Waals surface area contributed by atoms with Gasteiger partial charge < -0.3 is 9.84 Å². The van der Waals surface area contributed by atoms with Gasteiger partial charge in [-0.3, -0.25) is 0 Å². The number of aryl methyl sites for hydroxylation is 1. The molecule has 1 saturated heterocycles. The summed E-state index contributed by atoms with van der Waals surface area (Å²) < 4.78 is 5.99. The molecule has 0 amide bonds. The molecule has 1 heterocycles. The SMILES string of the molecule is Cc1ccc(CC2(O)CC(C)(C)OC2(C)C)c(Cl)c1. The summed E-state index contributed by atoms with van der Waals surface area (Å²) in [7, 11) is 0. The molecule has 1 fully saturated rings. The maximum Gasteiger partial charge on any atom is 0.0998 e. The van der Waals surface area contributed by atoms with E-state index in [0.717, 1.165) is 11.1 Å². The van der Waals surface area contributed by atoms with Crippen molar-refractivity contribution in [2.24, 2.45) is 0 Å². The number of benzene rings is 1. The van der Waals surface area contributed by atoms with Crippen molar-refractivity contribution in [2.45, 2.75) is 64.3 Å². The van der Waals surface area contributed by atoms with Crippen LogP contribution in [0.4, 0.5) is 0 Å². The number of rotatable bonds is 2. The maximum atomic E-state index is 11.0. The van der Waals surface area contributed by atoms with E-state index in [1.807, 2.05) is 52.8 Å². The predicted molar refractivity (Wildman–Crippen MR) is 78.7 cm³/mol. The first-order valence-corrected chi connectivity index (χ1v) is 7.10. The van der Waals surface area contributed by atoms with Crippen molar-refractivity contribution in [1.82, 2.24) is 0 Å². The van der Waals surface area contributed by atoms with E-state index in [9.17, 15) is 5.11 Å². The summed E-state index contributed by atoms with van der Waals surface area (Å²) in [6.45, 7) is 9.94. The normalized spacial score (nSPS) is 28.6. The summed E-state index contributed by atoms with van der Waals surface area (Å²) >= 11 is 6.28. The molecule has 1 unspecified atom stereocenters. The highest BCUT2D eigenvalue weighted by atomic mass is 35.5. The van der Waals surface area contributed by atoms with Crippen LogP contribution in [0.25, 0.3) is 0 Å². The highest BCUT2D eigenvalue weighted by Gasteiger charge is 2.56. The molecule has 1 aliphatic heterocycles. The van der Waals surface area contributed by atoms with E-state index < -0.39 is 11.2 Å². The first-order valence-electron chi connectivity index (χ1n) is 6.72. The fourth-order valence-corrected chi connectivity index (χ4v) is 3.43. The minimum atomic E-state index is -0.893. The number of halogens is 1. The van der Waals surface area contributed by atoms with Crippen molar-refractivity contribution in [2.75, 3.05) is 0 Å². The van der Waals surface area contributed by atoms with Gasteiger partial charge in [-0.05, 0) is 51.8 Å². The van der Waals surface area contributed by atoms with Crippen molar-refractivity contribution < 1.29 is 9.84 Å². The van der Waals surface area contributed by atoms with Gasteiger partial charge in [-0.2, -0.15) is 0 Å². The standard InChI is InChI=1S/C16H23ClO2/c1-11-6-7-12(13(17)8-11)9-16(18)10-14(2,3)19-15(16,4)5/h6-8,18H,9-10H2,1-5H3. The topological polar surface area (TPSA) is 29.5 Å². The monoisotopic (exact) mass is 282 g/mol. The van der Waals surface area contributed by atoms with Crippen LogP contribution in [0.2, 0.25) is 5.02 Å². The van der Waals surface area contributed by atoms with Crippen LogP contribution in [0, 0.1) is 6.92 Å². The smallest absolute Gasteiger partial charge is 0.0998 e. The quantitative estimate of drug-likeness (QED) is 0.891. The van der Waals surface area contributed by atoms with Crippen molar-refractivity contribution in [3.8, 4) is 0 Å². The third-order valence-electron chi connectivity index (χ3n) is 4.06. The molecule has 19 heavy (non-hydrogen) atoms. The molecule has 1 aromatic carbocycles. The number of hydrogen-bond acceptors (Lipinski definition) is 2. The maximum absolute atomic E-state index is 11.0. The predicted octanol–water partition coefficient (Wildman–Crippen LogP) is 3.90. The zero-order chi connectivity index (χ0) is 14.5. The summed E-state index contributed by atoms with van der Waals surface area (Å²) in [5.41, 5.74) is 0.322. The Kier molecular flexibility index (Phi) is 3.49. The Morgan fingerprint density at radius 2 is 1.89 bits per heavy atom. The molecule has 0 aromatic heterocycles. The first kappa shape index (κ1) is 14.8. The minimum absolute atomic E-state index is 0.310. The van der Waals surface area contributed by atoms with E-state index in [-0.39, 0.29) is 5.60 Å². The number of aliphatic hydroxyl groups is 1. The van der Waals surface area contributed by atoms with Gasteiger partial charge in [0.2, 0.25) is 0 Å². The molecule has 1 aromatic rings. The minimum Gasteiger partial charge on any atom is -0.386 e. The second-order valence-electron chi connectivity index (χ2n) is 6.85. The van der Waals surface area contributed by atoms with Gasteiger partial charge >= 0.3 is 0 Å². The lowest BCUT2D eigenvalue weighted by atomic mass is 9.78. The Bertz CT molecular complexity index is 494. The number of hydrogen-bond donors (Lipinski definition) is 1. The van der Waals surface area contributed by atoms with Crippen molar-refractivity contribution in [1.29, 1.82) is 0 Å². The van der Waals surface area contributed by atoms with Gasteiger partial charge in [-0.15, -0.1) is 0 Å². The molecule has 1 N–H and O–H groups in total. The Morgan fingerprint density at radius 3 is 2.37 bits per heavy atom. The fraction of sp³-hybridized carbons (Fsp3) is 0.625. The van der Waals surface area contributed by atoms with E-state index >= 15 is 0 Å². The molecule has 2 nitrogen and oxygen atoms in total. The summed E-state index contributed by atoms with van der Waals surface area (Å²) in [4.78, 5) is 0. The largest absolute Gasteiger partial charge is 0.386 e. The summed E-state index contributed by atoms with van der Waals surface area (Å²) in [6.07, 6.45) is 1.12. The first-order chi connectivity index (χ1) is 8.55. The van der Waals surface area contributed by atoms with Gasteiger partial charge in [0, 0.05) is 17.9 Å². The van der Waals surface area contributed by atoms with E-state index in [0.29, 0.717) is 17.9 Å². The van der Waals surface area contributed by atoms with Gasteiger partial charge in [0.1, 0.15) is 0 Å². The lowest BCUT2D eigenvalue weighted by Crippen LogP contribution is -2.48. The molecule has 1 aliphatic rings. The lowest BCUT2D eigenvalue weighted by molar-refractivity contribution is -0.125. The molecule has 1 atom stereocenters. The van der Waals surface area contributed by atoms with Gasteiger partial charge in [-0.25, -0.2) is 0 Å². The molecule has 0 radical (unpaired) electrons. The summed E-state index contributed by atoms with van der Waals surface area (Å²) in [5, 5.41) is 11.7. The molecule has 0 saturated carbocycles. The average molecular weight is 283 g/mol. The van der Waals surface area contributed by atoms with Gasteiger partial charge in [0.05, 0.1) is 16.8 Å². The fourth-order valence-electron chi connectivity index (χ4n) is 3.13. The van der Waals surface area contributed by atoms with Crippen LogP contribution >= 0.6 is 11.6 Å². The van der Waals surface area contributed by atoms with Crippen molar-refractivity contribution in [3.63, 3.8) is 0 Å². The molecule has 3 heteroatoms. The average Bonchev–Trinajstić information content (AvgIpc) is 2.35. The van der Waals surface area contributed by atoms with Crippen LogP contribution < -0.4 is 0 Å². The van der Waals surface area contributed by atoms with Crippen LogP contribution in [-0.2, 0) is 11.2 Å². The Balaban J connectivity index is 2.31. The lowest BCUT2D eigenvalue weighted by Gasteiger charge is -2.35. The van der Waals surface area contributed by atoms with Crippen LogP contribution in [0.5, 0.6) is 0 Å². The second kappa shape index (κ2) is 4.47. The Labute approximate surface area is 120 Å². The summed E-state index contributed by atoms with van der Waals surface area (Å²) in [6, 6.07) is 5.96. The van der Waals surface area contributed by atoms with E-state index in [2.05, 4.69) is 0 Å². The zero-order valence-electron chi connectivity index (χ0n) is 12.4. The van der Waals surface area contributed by atoms with Crippen LogP contribution in [-0.4, -0.2) is 21.9 Å². The molecule has 0 spiro atoms. The van der Waals surface area contributed by atoms with Crippen molar-refractivity contribution >= 4 is 11.6 Å². The van der Waals surface area contributed by atoms with Crippen LogP contribution in [0.3, 0.4) is 0 Å². The molecule has 0 aliphatic carbocycles. The van der Waals surface area contributed by atoms with Gasteiger partial charge in [-0.1, -0.05) is 23.7 Å². The van der Waals surface area contributed by atoms with Crippen LogP contribution in [0.1, 0.15) is 45.2 Å². The van der Waals surface area contributed by atoms with Gasteiger partial charge in [0.15, 0.2) is 0 Å². The molecular formula is C16H23ClO2. The van der Waals surface area contributed by atoms with Crippen molar-refractivity contribution in [3.05, 3.63) is 34.3 Å². The number of ether oxygens (including phenoxy) is 1. The third-order valence-corrected chi connectivity index (χ3v) is 4.41. The van der Waals surface area contributed by atoms with Gasteiger partial charge in [0.25, 0.3) is 0 Å². The third kappa shape index (κ3) is 2.81. The highest BCUT2D eigenvalue weighted by Crippen LogP contribution is 2.47.